The fraction of sp³-hybridized carbons (Fsp3) is 0.400. The van der Waals surface area contributed by atoms with Gasteiger partial charge in [0.05, 0.1) is 0 Å². The van der Waals surface area contributed by atoms with Crippen molar-refractivity contribution < 1.29 is 26.7 Å². The predicted molar refractivity (Wildman–Crippen MR) is 47.2 cm³/mol. The highest BCUT2D eigenvalue weighted by Gasteiger charge is 2.54. The molecule has 1 nitrogen and oxygen atoms in total. The molecule has 1 unspecified atom stereocenters. The lowest BCUT2D eigenvalue weighted by atomic mass is 10.1. The summed E-state index contributed by atoms with van der Waals surface area (Å²) in [6.45, 7) is 0.378. The number of para-hydroxylation sites is 1. The van der Waals surface area contributed by atoms with E-state index < -0.39 is 18.2 Å². The summed E-state index contributed by atoms with van der Waals surface area (Å²) in [6, 6.07) is 6.65. The van der Waals surface area contributed by atoms with E-state index in [2.05, 4.69) is 4.74 Å². The highest BCUT2D eigenvalue weighted by molar-refractivity contribution is 5.21. The van der Waals surface area contributed by atoms with Gasteiger partial charge in [-0.1, -0.05) is 18.2 Å². The molecule has 0 aliphatic rings. The SMILES string of the molecule is CC(C(F)(F)F)C(F)(F)Oc1ccccc1. The van der Waals surface area contributed by atoms with Gasteiger partial charge in [-0.15, -0.1) is 0 Å². The molecule has 0 saturated carbocycles. The zero-order valence-corrected chi connectivity index (χ0v) is 8.26. The van der Waals surface area contributed by atoms with Gasteiger partial charge in [0.2, 0.25) is 0 Å². The Labute approximate surface area is 88.8 Å². The van der Waals surface area contributed by atoms with Gasteiger partial charge in [0.15, 0.2) is 5.92 Å². The number of ether oxygens (including phenoxy) is 1. The summed E-state index contributed by atoms with van der Waals surface area (Å²) in [7, 11) is 0. The summed E-state index contributed by atoms with van der Waals surface area (Å²) in [5, 5.41) is 0. The molecule has 1 aromatic rings. The monoisotopic (exact) mass is 240 g/mol. The van der Waals surface area contributed by atoms with Crippen molar-refractivity contribution >= 4 is 0 Å². The fourth-order valence-corrected chi connectivity index (χ4v) is 0.925. The Balaban J connectivity index is 2.80. The van der Waals surface area contributed by atoms with Crippen molar-refractivity contribution in [3.63, 3.8) is 0 Å². The molecule has 0 radical (unpaired) electrons. The largest absolute Gasteiger partial charge is 0.432 e. The van der Waals surface area contributed by atoms with E-state index in [1.165, 1.54) is 18.2 Å². The molecule has 0 bridgehead atoms. The summed E-state index contributed by atoms with van der Waals surface area (Å²) >= 11 is 0. The van der Waals surface area contributed by atoms with Gasteiger partial charge in [-0.25, -0.2) is 0 Å². The van der Waals surface area contributed by atoms with Crippen molar-refractivity contribution in [2.45, 2.75) is 19.2 Å². The molecule has 0 aliphatic heterocycles. The van der Waals surface area contributed by atoms with Crippen molar-refractivity contribution in [3.8, 4) is 5.75 Å². The van der Waals surface area contributed by atoms with E-state index in [4.69, 9.17) is 0 Å². The zero-order valence-electron chi connectivity index (χ0n) is 8.26. The van der Waals surface area contributed by atoms with Crippen LogP contribution in [0.2, 0.25) is 0 Å². The normalized spacial score (nSPS) is 14.6. The summed E-state index contributed by atoms with van der Waals surface area (Å²) < 4.78 is 66.4. The van der Waals surface area contributed by atoms with Crippen molar-refractivity contribution in [3.05, 3.63) is 30.3 Å². The molecule has 1 aromatic carbocycles. The Kier molecular flexibility index (Phi) is 3.40. The van der Waals surface area contributed by atoms with Crippen LogP contribution in [0.15, 0.2) is 30.3 Å². The molecule has 0 spiro atoms. The number of hydrogen-bond acceptors (Lipinski definition) is 1. The maximum atomic E-state index is 13.1. The van der Waals surface area contributed by atoms with Gasteiger partial charge in [0.1, 0.15) is 5.75 Å². The van der Waals surface area contributed by atoms with E-state index >= 15 is 0 Å². The number of alkyl halides is 5. The first-order chi connectivity index (χ1) is 7.23. The Morgan fingerprint density at radius 2 is 1.50 bits per heavy atom. The van der Waals surface area contributed by atoms with Gasteiger partial charge in [-0.3, -0.25) is 0 Å². The molecular weight excluding hydrogens is 231 g/mol. The first kappa shape index (κ1) is 12.7. The third kappa shape index (κ3) is 3.08. The van der Waals surface area contributed by atoms with Crippen LogP contribution in [0.1, 0.15) is 6.92 Å². The molecule has 0 saturated heterocycles. The molecule has 0 aromatic heterocycles. The Morgan fingerprint density at radius 3 is 1.94 bits per heavy atom. The summed E-state index contributed by atoms with van der Waals surface area (Å²) in [4.78, 5) is 0. The fourth-order valence-electron chi connectivity index (χ4n) is 0.925. The average molecular weight is 240 g/mol. The Bertz CT molecular complexity index is 333. The smallest absolute Gasteiger partial charge is 0.409 e. The van der Waals surface area contributed by atoms with E-state index in [1.807, 2.05) is 0 Å². The third-order valence-corrected chi connectivity index (χ3v) is 1.99. The molecule has 0 heterocycles. The second kappa shape index (κ2) is 4.27. The number of benzene rings is 1. The molecular formula is C10H9F5O. The predicted octanol–water partition coefficient (Wildman–Crippen LogP) is 3.86. The number of rotatable bonds is 3. The van der Waals surface area contributed by atoms with Gasteiger partial charge < -0.3 is 4.74 Å². The minimum absolute atomic E-state index is 0.302. The molecule has 16 heavy (non-hydrogen) atoms. The van der Waals surface area contributed by atoms with Crippen molar-refractivity contribution in [1.29, 1.82) is 0 Å². The molecule has 1 atom stereocenters. The van der Waals surface area contributed by atoms with Gasteiger partial charge in [0.25, 0.3) is 0 Å². The first-order valence-corrected chi connectivity index (χ1v) is 4.42. The minimum Gasteiger partial charge on any atom is -0.432 e. The van der Waals surface area contributed by atoms with E-state index in [9.17, 15) is 22.0 Å². The second-order valence-electron chi connectivity index (χ2n) is 3.24. The van der Waals surface area contributed by atoms with Crippen molar-refractivity contribution in [2.24, 2.45) is 5.92 Å². The van der Waals surface area contributed by atoms with E-state index in [-0.39, 0.29) is 5.75 Å². The van der Waals surface area contributed by atoms with Crippen molar-refractivity contribution in [1.82, 2.24) is 0 Å². The zero-order chi connectivity index (χ0) is 12.4. The topological polar surface area (TPSA) is 9.23 Å². The van der Waals surface area contributed by atoms with Crippen LogP contribution in [0, 0.1) is 5.92 Å². The molecule has 0 N–H and O–H groups in total. The lowest BCUT2D eigenvalue weighted by molar-refractivity contribution is -0.298. The van der Waals surface area contributed by atoms with E-state index in [0.29, 0.717) is 6.92 Å². The minimum atomic E-state index is -5.00. The van der Waals surface area contributed by atoms with Crippen LogP contribution in [-0.4, -0.2) is 12.3 Å². The maximum absolute atomic E-state index is 13.1. The Hall–Kier alpha value is -1.33. The average Bonchev–Trinajstić information content (AvgIpc) is 2.16. The van der Waals surface area contributed by atoms with Crippen LogP contribution in [0.25, 0.3) is 0 Å². The van der Waals surface area contributed by atoms with Gasteiger partial charge in [0, 0.05) is 0 Å². The highest BCUT2D eigenvalue weighted by atomic mass is 19.4. The number of halogens is 5. The number of hydrogen-bond donors (Lipinski definition) is 0. The highest BCUT2D eigenvalue weighted by Crippen LogP contribution is 2.38. The molecule has 0 fully saturated rings. The molecule has 6 heteroatoms. The quantitative estimate of drug-likeness (QED) is 0.729. The van der Waals surface area contributed by atoms with Gasteiger partial charge in [-0.05, 0) is 19.1 Å². The lowest BCUT2D eigenvalue weighted by Crippen LogP contribution is -2.41. The van der Waals surface area contributed by atoms with Crippen LogP contribution in [-0.2, 0) is 0 Å². The van der Waals surface area contributed by atoms with E-state index in [0.717, 1.165) is 12.1 Å². The van der Waals surface area contributed by atoms with Crippen LogP contribution >= 0.6 is 0 Å². The summed E-state index contributed by atoms with van der Waals surface area (Å²) in [5.41, 5.74) is 0. The molecule has 0 amide bonds. The van der Waals surface area contributed by atoms with Crippen molar-refractivity contribution in [2.75, 3.05) is 0 Å². The van der Waals surface area contributed by atoms with Crippen LogP contribution in [0.3, 0.4) is 0 Å². The summed E-state index contributed by atoms with van der Waals surface area (Å²) in [5.74, 6) is -3.16. The molecule has 90 valence electrons. The van der Waals surface area contributed by atoms with E-state index in [1.54, 1.807) is 0 Å². The standard InChI is InChI=1S/C10H9F5O/c1-7(9(11,12)13)10(14,15)16-8-5-3-2-4-6-8/h2-7H,1H3. The molecule has 1 rings (SSSR count). The van der Waals surface area contributed by atoms with Crippen LogP contribution < -0.4 is 4.74 Å². The summed E-state index contributed by atoms with van der Waals surface area (Å²) in [6.07, 6.45) is -9.28. The first-order valence-electron chi connectivity index (χ1n) is 4.42. The maximum Gasteiger partial charge on any atom is 0.409 e. The molecule has 0 aliphatic carbocycles. The van der Waals surface area contributed by atoms with Gasteiger partial charge >= 0.3 is 12.3 Å². The second-order valence-corrected chi connectivity index (χ2v) is 3.24. The third-order valence-electron chi connectivity index (χ3n) is 1.99. The Morgan fingerprint density at radius 1 is 1.00 bits per heavy atom. The van der Waals surface area contributed by atoms with Crippen LogP contribution in [0.5, 0.6) is 5.75 Å². The lowest BCUT2D eigenvalue weighted by Gasteiger charge is -2.25. The van der Waals surface area contributed by atoms with Crippen LogP contribution in [0.4, 0.5) is 22.0 Å². The van der Waals surface area contributed by atoms with Gasteiger partial charge in [-0.2, -0.15) is 22.0 Å².